The van der Waals surface area contributed by atoms with Gasteiger partial charge >= 0.3 is 0 Å². The third-order valence-electron chi connectivity index (χ3n) is 5.77. The number of nitrogens with one attached hydrogen (secondary N) is 1. The first-order valence-corrected chi connectivity index (χ1v) is 9.31. The van der Waals surface area contributed by atoms with Gasteiger partial charge in [0.05, 0.1) is 28.2 Å². The molecule has 134 valence electrons. The smallest absolute Gasteiger partial charge is 0.230 e. The van der Waals surface area contributed by atoms with E-state index in [2.05, 4.69) is 10.3 Å². The van der Waals surface area contributed by atoms with Crippen LogP contribution in [0.5, 0.6) is 0 Å². The normalized spacial score (nSPS) is 33.8. The summed E-state index contributed by atoms with van der Waals surface area (Å²) < 4.78 is 19.8. The number of benzene rings is 1. The molecule has 6 atom stereocenters. The molecular formula is C19H15Cl2FN2O2. The minimum absolute atomic E-state index is 0.0312. The van der Waals surface area contributed by atoms with Crippen LogP contribution in [0.4, 0.5) is 10.1 Å². The van der Waals surface area contributed by atoms with Crippen molar-refractivity contribution in [3.05, 3.63) is 58.1 Å². The van der Waals surface area contributed by atoms with E-state index < -0.39 is 5.95 Å². The summed E-state index contributed by atoms with van der Waals surface area (Å²) in [6, 6.07) is 8.15. The molecule has 3 aliphatic rings. The highest BCUT2D eigenvalue weighted by Gasteiger charge is 2.68. The fourth-order valence-electron chi connectivity index (χ4n) is 4.62. The number of halogens is 3. The summed E-state index contributed by atoms with van der Waals surface area (Å²) >= 11 is 12.0. The number of hydrogen-bond donors (Lipinski definition) is 1. The molecule has 1 amide bonds. The van der Waals surface area contributed by atoms with Gasteiger partial charge in [0.1, 0.15) is 0 Å². The Bertz CT molecular complexity index is 909. The number of fused-ring (bicyclic) bond motifs is 5. The van der Waals surface area contributed by atoms with Crippen molar-refractivity contribution >= 4 is 34.8 Å². The van der Waals surface area contributed by atoms with Crippen molar-refractivity contribution in [1.29, 1.82) is 0 Å². The Kier molecular flexibility index (Phi) is 3.75. The number of carbonyl (C=O) groups is 1. The van der Waals surface area contributed by atoms with Crippen molar-refractivity contribution in [3.63, 3.8) is 0 Å². The first kappa shape index (κ1) is 16.5. The Morgan fingerprint density at radius 2 is 1.96 bits per heavy atom. The van der Waals surface area contributed by atoms with Crippen LogP contribution in [0.25, 0.3) is 0 Å². The zero-order chi connectivity index (χ0) is 18.0. The molecule has 6 unspecified atom stereocenters. The van der Waals surface area contributed by atoms with Gasteiger partial charge in [-0.05, 0) is 54.2 Å². The monoisotopic (exact) mass is 392 g/mol. The van der Waals surface area contributed by atoms with E-state index in [0.717, 1.165) is 12.0 Å². The molecule has 7 heteroatoms. The maximum absolute atomic E-state index is 13.6. The van der Waals surface area contributed by atoms with Crippen LogP contribution in [0.2, 0.25) is 10.0 Å². The lowest BCUT2D eigenvalue weighted by atomic mass is 9.75. The van der Waals surface area contributed by atoms with Crippen LogP contribution in [0.3, 0.4) is 0 Å². The van der Waals surface area contributed by atoms with Crippen molar-refractivity contribution in [3.8, 4) is 0 Å². The SMILES string of the molecule is O=C(Nc1ccc(Cl)c(Cl)c1)C1C2OC(C3CC32)C1c1ccnc(F)c1. The summed E-state index contributed by atoms with van der Waals surface area (Å²) in [7, 11) is 0. The number of carbonyl (C=O) groups excluding carboxylic acids is 1. The second-order valence-corrected chi connectivity index (χ2v) is 8.02. The molecule has 2 saturated heterocycles. The molecule has 2 bridgehead atoms. The molecule has 4 nitrogen and oxygen atoms in total. The van der Waals surface area contributed by atoms with E-state index in [0.29, 0.717) is 27.6 Å². The highest BCUT2D eigenvalue weighted by Crippen LogP contribution is 2.65. The average Bonchev–Trinajstić information content (AvgIpc) is 3.22. The van der Waals surface area contributed by atoms with Crippen molar-refractivity contribution < 1.29 is 13.9 Å². The van der Waals surface area contributed by atoms with E-state index in [1.54, 1.807) is 24.3 Å². The Morgan fingerprint density at radius 1 is 1.15 bits per heavy atom. The minimum atomic E-state index is -0.540. The van der Waals surface area contributed by atoms with E-state index in [1.165, 1.54) is 12.3 Å². The van der Waals surface area contributed by atoms with Gasteiger partial charge in [0.15, 0.2) is 0 Å². The predicted octanol–water partition coefficient (Wildman–Crippen LogP) is 4.28. The summed E-state index contributed by atoms with van der Waals surface area (Å²) in [5, 5.41) is 3.73. The lowest BCUT2D eigenvalue weighted by molar-refractivity contribution is -0.122. The zero-order valence-electron chi connectivity index (χ0n) is 13.5. The molecule has 26 heavy (non-hydrogen) atoms. The highest BCUT2D eigenvalue weighted by atomic mass is 35.5. The van der Waals surface area contributed by atoms with Crippen LogP contribution in [-0.2, 0) is 9.53 Å². The minimum Gasteiger partial charge on any atom is -0.373 e. The van der Waals surface area contributed by atoms with Gasteiger partial charge in [0.25, 0.3) is 0 Å². The number of hydrogen-bond acceptors (Lipinski definition) is 3. The first-order valence-electron chi connectivity index (χ1n) is 8.56. The Morgan fingerprint density at radius 3 is 2.73 bits per heavy atom. The molecule has 5 rings (SSSR count). The molecule has 3 fully saturated rings. The van der Waals surface area contributed by atoms with Gasteiger partial charge in [-0.1, -0.05) is 23.2 Å². The van der Waals surface area contributed by atoms with Crippen LogP contribution in [0, 0.1) is 23.7 Å². The largest absolute Gasteiger partial charge is 0.373 e. The quantitative estimate of drug-likeness (QED) is 0.792. The summed E-state index contributed by atoms with van der Waals surface area (Å²) in [5.41, 5.74) is 1.35. The molecule has 1 aromatic carbocycles. The number of pyridine rings is 1. The molecule has 1 aromatic heterocycles. The van der Waals surface area contributed by atoms with Crippen molar-refractivity contribution in [1.82, 2.24) is 4.98 Å². The van der Waals surface area contributed by atoms with Gasteiger partial charge in [-0.3, -0.25) is 4.79 Å². The van der Waals surface area contributed by atoms with E-state index >= 15 is 0 Å². The molecule has 0 radical (unpaired) electrons. The lowest BCUT2D eigenvalue weighted by Gasteiger charge is -2.27. The number of nitrogens with zero attached hydrogens (tertiary/aromatic N) is 1. The summed E-state index contributed by atoms with van der Waals surface area (Å²) in [6.45, 7) is 0. The van der Waals surface area contributed by atoms with Gasteiger partial charge in [0.2, 0.25) is 11.9 Å². The fraction of sp³-hybridized carbons (Fsp3) is 0.368. The molecule has 1 aliphatic carbocycles. The van der Waals surface area contributed by atoms with Crippen LogP contribution < -0.4 is 5.32 Å². The standard InChI is InChI=1S/C19H15Cl2FN2O2/c20-12-2-1-9(6-13(12)21)24-19(25)16-15(8-3-4-23-14(22)5-8)17-10-7-11(10)18(16)26-17/h1-6,10-11,15-18H,7H2,(H,24,25). The number of aromatic nitrogens is 1. The second-order valence-electron chi connectivity index (χ2n) is 7.21. The molecule has 1 N–H and O–H groups in total. The summed E-state index contributed by atoms with van der Waals surface area (Å²) in [6.07, 6.45) is 2.37. The Balaban J connectivity index is 1.45. The molecule has 0 spiro atoms. The van der Waals surface area contributed by atoms with E-state index in [9.17, 15) is 9.18 Å². The highest BCUT2D eigenvalue weighted by molar-refractivity contribution is 6.42. The number of rotatable bonds is 3. The Hall–Kier alpha value is -1.69. The number of amides is 1. The van der Waals surface area contributed by atoms with E-state index in [1.807, 2.05) is 0 Å². The van der Waals surface area contributed by atoms with Gasteiger partial charge < -0.3 is 10.1 Å². The van der Waals surface area contributed by atoms with Crippen LogP contribution in [0.1, 0.15) is 17.9 Å². The topological polar surface area (TPSA) is 51.2 Å². The van der Waals surface area contributed by atoms with Gasteiger partial charge in [-0.25, -0.2) is 4.98 Å². The van der Waals surface area contributed by atoms with Gasteiger partial charge in [-0.2, -0.15) is 4.39 Å². The van der Waals surface area contributed by atoms with Crippen molar-refractivity contribution in [2.45, 2.75) is 24.5 Å². The first-order chi connectivity index (χ1) is 12.5. The van der Waals surface area contributed by atoms with Crippen LogP contribution in [0.15, 0.2) is 36.5 Å². The van der Waals surface area contributed by atoms with Crippen LogP contribution in [-0.4, -0.2) is 23.1 Å². The van der Waals surface area contributed by atoms with E-state index in [4.69, 9.17) is 27.9 Å². The fourth-order valence-corrected chi connectivity index (χ4v) is 4.92. The summed E-state index contributed by atoms with van der Waals surface area (Å²) in [5.74, 6) is -0.281. The van der Waals surface area contributed by atoms with Crippen molar-refractivity contribution in [2.75, 3.05) is 5.32 Å². The number of anilines is 1. The average molecular weight is 393 g/mol. The maximum atomic E-state index is 13.6. The zero-order valence-corrected chi connectivity index (χ0v) is 15.0. The second kappa shape index (κ2) is 5.91. The lowest BCUT2D eigenvalue weighted by Crippen LogP contribution is -2.37. The van der Waals surface area contributed by atoms with Crippen molar-refractivity contribution in [2.24, 2.45) is 17.8 Å². The van der Waals surface area contributed by atoms with Crippen LogP contribution >= 0.6 is 23.2 Å². The molecule has 3 heterocycles. The molecule has 2 aliphatic heterocycles. The van der Waals surface area contributed by atoms with E-state index in [-0.39, 0.29) is 30.0 Å². The molecular weight excluding hydrogens is 378 g/mol. The predicted molar refractivity (Wildman–Crippen MR) is 95.8 cm³/mol. The van der Waals surface area contributed by atoms with Gasteiger partial charge in [-0.15, -0.1) is 0 Å². The molecule has 1 saturated carbocycles. The van der Waals surface area contributed by atoms with Gasteiger partial charge in [0, 0.05) is 17.8 Å². The molecule has 2 aromatic rings. The Labute approximate surface area is 159 Å². The summed E-state index contributed by atoms with van der Waals surface area (Å²) in [4.78, 5) is 16.7. The maximum Gasteiger partial charge on any atom is 0.230 e. The third-order valence-corrected chi connectivity index (χ3v) is 6.51. The number of ether oxygens (including phenoxy) is 1. The third kappa shape index (κ3) is 2.53.